The summed E-state index contributed by atoms with van der Waals surface area (Å²) in [6.45, 7) is 4.62. The Morgan fingerprint density at radius 1 is 1.24 bits per heavy atom. The molecule has 1 aromatic heterocycles. The van der Waals surface area contributed by atoms with E-state index in [0.29, 0.717) is 17.8 Å². The summed E-state index contributed by atoms with van der Waals surface area (Å²) in [6, 6.07) is 0.494. The van der Waals surface area contributed by atoms with Crippen molar-refractivity contribution >= 4 is 11.6 Å². The standard InChI is InChI=1S/C12H21N5/c1-8-3-4-10(9(2)5-8)15-11-6-14-7-12(16-11)17-13/h6-10H,3-5,13H2,1-2H3,(H2,15,16,17). The van der Waals surface area contributed by atoms with Crippen LogP contribution >= 0.6 is 0 Å². The first-order valence-corrected chi connectivity index (χ1v) is 6.24. The molecule has 4 N–H and O–H groups in total. The Balaban J connectivity index is 2.00. The maximum Gasteiger partial charge on any atom is 0.160 e. The Kier molecular flexibility index (Phi) is 3.78. The number of anilines is 2. The maximum atomic E-state index is 5.32. The Morgan fingerprint density at radius 3 is 2.71 bits per heavy atom. The van der Waals surface area contributed by atoms with Crippen molar-refractivity contribution in [3.8, 4) is 0 Å². The minimum Gasteiger partial charge on any atom is -0.366 e. The van der Waals surface area contributed by atoms with Crippen LogP contribution in [0.15, 0.2) is 12.4 Å². The van der Waals surface area contributed by atoms with Crippen LogP contribution in [0.4, 0.5) is 11.6 Å². The second-order valence-corrected chi connectivity index (χ2v) is 5.08. The molecule has 17 heavy (non-hydrogen) atoms. The van der Waals surface area contributed by atoms with Gasteiger partial charge in [0.2, 0.25) is 0 Å². The Bertz CT molecular complexity index is 368. The zero-order chi connectivity index (χ0) is 12.3. The molecule has 0 spiro atoms. The number of hydrogen-bond acceptors (Lipinski definition) is 5. The van der Waals surface area contributed by atoms with E-state index in [1.54, 1.807) is 12.4 Å². The predicted molar refractivity (Wildman–Crippen MR) is 69.4 cm³/mol. The molecule has 3 unspecified atom stereocenters. The molecule has 1 saturated carbocycles. The molecule has 0 aliphatic heterocycles. The van der Waals surface area contributed by atoms with Gasteiger partial charge in [0.05, 0.1) is 12.4 Å². The first-order chi connectivity index (χ1) is 8.19. The van der Waals surface area contributed by atoms with E-state index in [4.69, 9.17) is 5.84 Å². The predicted octanol–water partition coefficient (Wildman–Crippen LogP) is 2.00. The summed E-state index contributed by atoms with van der Waals surface area (Å²) in [5.74, 6) is 8.22. The Hall–Kier alpha value is -1.36. The second-order valence-electron chi connectivity index (χ2n) is 5.08. The van der Waals surface area contributed by atoms with Gasteiger partial charge in [0.25, 0.3) is 0 Å². The van der Waals surface area contributed by atoms with Crippen molar-refractivity contribution in [2.45, 2.75) is 39.2 Å². The highest BCUT2D eigenvalue weighted by Gasteiger charge is 2.25. The van der Waals surface area contributed by atoms with Crippen LogP contribution in [0.25, 0.3) is 0 Å². The third kappa shape index (κ3) is 3.06. The molecule has 5 heteroatoms. The Labute approximate surface area is 102 Å². The number of aromatic nitrogens is 2. The number of rotatable bonds is 3. The average molecular weight is 235 g/mol. The van der Waals surface area contributed by atoms with E-state index in [9.17, 15) is 0 Å². The van der Waals surface area contributed by atoms with E-state index in [2.05, 4.69) is 34.6 Å². The normalized spacial score (nSPS) is 28.8. The van der Waals surface area contributed by atoms with E-state index in [1.165, 1.54) is 19.3 Å². The molecule has 1 aromatic rings. The lowest BCUT2D eigenvalue weighted by atomic mass is 9.80. The molecule has 0 radical (unpaired) electrons. The molecule has 0 saturated heterocycles. The van der Waals surface area contributed by atoms with Gasteiger partial charge in [-0.15, -0.1) is 0 Å². The van der Waals surface area contributed by atoms with Gasteiger partial charge in [0, 0.05) is 6.04 Å². The number of hydrazine groups is 1. The third-order valence-electron chi connectivity index (χ3n) is 3.55. The minimum absolute atomic E-state index is 0.494. The molecular formula is C12H21N5. The van der Waals surface area contributed by atoms with Gasteiger partial charge >= 0.3 is 0 Å². The van der Waals surface area contributed by atoms with Crippen molar-refractivity contribution in [3.63, 3.8) is 0 Å². The molecule has 2 rings (SSSR count). The molecule has 1 heterocycles. The summed E-state index contributed by atoms with van der Waals surface area (Å²) < 4.78 is 0. The molecule has 94 valence electrons. The molecular weight excluding hydrogens is 214 g/mol. The number of hydrogen-bond donors (Lipinski definition) is 3. The van der Waals surface area contributed by atoms with Gasteiger partial charge in [-0.05, 0) is 31.1 Å². The second kappa shape index (κ2) is 5.31. The molecule has 1 fully saturated rings. The van der Waals surface area contributed by atoms with Gasteiger partial charge in [-0.2, -0.15) is 0 Å². The maximum absolute atomic E-state index is 5.32. The van der Waals surface area contributed by atoms with Crippen LogP contribution in [0.3, 0.4) is 0 Å². The van der Waals surface area contributed by atoms with Crippen LogP contribution in [0.2, 0.25) is 0 Å². The third-order valence-corrected chi connectivity index (χ3v) is 3.55. The highest BCUT2D eigenvalue weighted by atomic mass is 15.3. The lowest BCUT2D eigenvalue weighted by molar-refractivity contribution is 0.276. The zero-order valence-corrected chi connectivity index (χ0v) is 10.5. The molecule has 0 aromatic carbocycles. The van der Waals surface area contributed by atoms with Crippen LogP contribution in [-0.2, 0) is 0 Å². The van der Waals surface area contributed by atoms with Crippen molar-refractivity contribution < 1.29 is 0 Å². The summed E-state index contributed by atoms with van der Waals surface area (Å²) in [7, 11) is 0. The van der Waals surface area contributed by atoms with Crippen LogP contribution in [0.5, 0.6) is 0 Å². The first-order valence-electron chi connectivity index (χ1n) is 6.24. The smallest absolute Gasteiger partial charge is 0.160 e. The van der Waals surface area contributed by atoms with Gasteiger partial charge in [0.15, 0.2) is 5.82 Å². The van der Waals surface area contributed by atoms with Gasteiger partial charge < -0.3 is 10.7 Å². The summed E-state index contributed by atoms with van der Waals surface area (Å²) in [5.41, 5.74) is 2.51. The zero-order valence-electron chi connectivity index (χ0n) is 10.5. The quantitative estimate of drug-likeness (QED) is 0.552. The number of nitrogens with zero attached hydrogens (tertiary/aromatic N) is 2. The topological polar surface area (TPSA) is 75.9 Å². The van der Waals surface area contributed by atoms with Gasteiger partial charge in [-0.3, -0.25) is 4.98 Å². The number of nitrogens with two attached hydrogens (primary N) is 1. The van der Waals surface area contributed by atoms with Crippen molar-refractivity contribution in [2.75, 3.05) is 10.7 Å². The van der Waals surface area contributed by atoms with E-state index >= 15 is 0 Å². The largest absolute Gasteiger partial charge is 0.366 e. The monoisotopic (exact) mass is 235 g/mol. The van der Waals surface area contributed by atoms with Crippen molar-refractivity contribution in [3.05, 3.63) is 12.4 Å². The summed E-state index contributed by atoms with van der Waals surface area (Å²) >= 11 is 0. The number of nitrogens with one attached hydrogen (secondary N) is 2. The van der Waals surface area contributed by atoms with Crippen molar-refractivity contribution in [1.82, 2.24) is 9.97 Å². The molecule has 5 nitrogen and oxygen atoms in total. The van der Waals surface area contributed by atoms with E-state index in [0.717, 1.165) is 11.7 Å². The first kappa shape index (κ1) is 12.1. The van der Waals surface area contributed by atoms with Crippen molar-refractivity contribution in [2.24, 2.45) is 17.7 Å². The summed E-state index contributed by atoms with van der Waals surface area (Å²) in [6.07, 6.45) is 7.11. The minimum atomic E-state index is 0.494. The number of nitrogen functional groups attached to an aromatic ring is 1. The van der Waals surface area contributed by atoms with Crippen LogP contribution in [0, 0.1) is 11.8 Å². The van der Waals surface area contributed by atoms with Crippen LogP contribution < -0.4 is 16.6 Å². The summed E-state index contributed by atoms with van der Waals surface area (Å²) in [5, 5.41) is 3.46. The van der Waals surface area contributed by atoms with Crippen molar-refractivity contribution in [1.29, 1.82) is 0 Å². The molecule has 1 aliphatic carbocycles. The highest BCUT2D eigenvalue weighted by molar-refractivity contribution is 5.41. The lowest BCUT2D eigenvalue weighted by Gasteiger charge is -2.33. The molecule has 3 atom stereocenters. The fourth-order valence-corrected chi connectivity index (χ4v) is 2.57. The van der Waals surface area contributed by atoms with Gasteiger partial charge in [-0.25, -0.2) is 10.8 Å². The summed E-state index contributed by atoms with van der Waals surface area (Å²) in [4.78, 5) is 8.42. The van der Waals surface area contributed by atoms with E-state index < -0.39 is 0 Å². The van der Waals surface area contributed by atoms with Crippen LogP contribution in [0.1, 0.15) is 33.1 Å². The molecule has 1 aliphatic rings. The average Bonchev–Trinajstić information content (AvgIpc) is 2.33. The fourth-order valence-electron chi connectivity index (χ4n) is 2.57. The molecule has 0 bridgehead atoms. The SMILES string of the molecule is CC1CCC(Nc2cncc(NN)n2)C(C)C1. The van der Waals surface area contributed by atoms with E-state index in [-0.39, 0.29) is 0 Å². The lowest BCUT2D eigenvalue weighted by Crippen LogP contribution is -2.33. The van der Waals surface area contributed by atoms with E-state index in [1.807, 2.05) is 0 Å². The fraction of sp³-hybridized carbons (Fsp3) is 0.667. The van der Waals surface area contributed by atoms with Crippen LogP contribution in [-0.4, -0.2) is 16.0 Å². The molecule has 0 amide bonds. The van der Waals surface area contributed by atoms with Gasteiger partial charge in [-0.1, -0.05) is 13.8 Å². The Morgan fingerprint density at radius 2 is 2.00 bits per heavy atom. The van der Waals surface area contributed by atoms with Gasteiger partial charge in [0.1, 0.15) is 5.82 Å². The highest BCUT2D eigenvalue weighted by Crippen LogP contribution is 2.30.